The van der Waals surface area contributed by atoms with Crippen molar-refractivity contribution in [1.29, 1.82) is 0 Å². The molecule has 0 aromatic heterocycles. The third-order valence-electron chi connectivity index (χ3n) is 2.25. The molecule has 0 aliphatic carbocycles. The minimum Gasteiger partial charge on any atom is -0.299 e. The van der Waals surface area contributed by atoms with Gasteiger partial charge in [0, 0.05) is 18.3 Å². The maximum Gasteiger partial charge on any atom is 0.143 e. The molecular weight excluding hydrogens is 170 g/mol. The molecule has 1 saturated heterocycles. The highest BCUT2D eigenvalue weighted by Gasteiger charge is 2.17. The summed E-state index contributed by atoms with van der Waals surface area (Å²) < 4.78 is 0. The van der Waals surface area contributed by atoms with Crippen LogP contribution in [0.1, 0.15) is 20.3 Å². The van der Waals surface area contributed by atoms with Gasteiger partial charge in [-0.2, -0.15) is 11.8 Å². The van der Waals surface area contributed by atoms with E-state index in [-0.39, 0.29) is 5.78 Å². The number of hydrogen-bond donors (Lipinski definition) is 0. The molecule has 3 heteroatoms. The van der Waals surface area contributed by atoms with Crippen LogP contribution in [0.2, 0.25) is 0 Å². The van der Waals surface area contributed by atoms with Crippen LogP contribution in [-0.4, -0.2) is 41.3 Å². The molecule has 70 valence electrons. The van der Waals surface area contributed by atoms with Crippen molar-refractivity contribution in [2.24, 2.45) is 0 Å². The lowest BCUT2D eigenvalue weighted by atomic mass is 10.2. The molecule has 1 aliphatic rings. The van der Waals surface area contributed by atoms with Crippen LogP contribution in [0, 0.1) is 0 Å². The Morgan fingerprint density at radius 3 is 3.00 bits per heavy atom. The zero-order valence-electron chi connectivity index (χ0n) is 7.88. The van der Waals surface area contributed by atoms with E-state index < -0.39 is 0 Å². The standard InChI is InChI=1S/C9H17NOS/c1-8-3-5-12-6-4-10(8)7-9(2)11/h8H,3-7H2,1-2H3. The summed E-state index contributed by atoms with van der Waals surface area (Å²) in [4.78, 5) is 13.2. The fraction of sp³-hybridized carbons (Fsp3) is 0.889. The smallest absolute Gasteiger partial charge is 0.143 e. The maximum absolute atomic E-state index is 10.9. The summed E-state index contributed by atoms with van der Waals surface area (Å²) in [7, 11) is 0. The molecule has 1 aliphatic heterocycles. The lowest BCUT2D eigenvalue weighted by Crippen LogP contribution is -2.37. The predicted molar refractivity (Wildman–Crippen MR) is 53.7 cm³/mol. The number of ketones is 1. The number of thioether (sulfide) groups is 1. The van der Waals surface area contributed by atoms with Crippen molar-refractivity contribution < 1.29 is 4.79 Å². The zero-order chi connectivity index (χ0) is 8.97. The molecule has 1 heterocycles. The molecule has 0 saturated carbocycles. The van der Waals surface area contributed by atoms with Crippen molar-refractivity contribution >= 4 is 17.5 Å². The summed E-state index contributed by atoms with van der Waals surface area (Å²) in [6, 6.07) is 0.587. The second-order valence-corrected chi connectivity index (χ2v) is 4.65. The largest absolute Gasteiger partial charge is 0.299 e. The highest BCUT2D eigenvalue weighted by Crippen LogP contribution is 2.15. The molecule has 1 unspecified atom stereocenters. The van der Waals surface area contributed by atoms with Crippen molar-refractivity contribution in [3.63, 3.8) is 0 Å². The fourth-order valence-corrected chi connectivity index (χ4v) is 2.54. The van der Waals surface area contributed by atoms with E-state index in [0.29, 0.717) is 12.6 Å². The Kier molecular flexibility index (Phi) is 4.09. The van der Waals surface area contributed by atoms with Crippen LogP contribution in [0.25, 0.3) is 0 Å². The number of carbonyl (C=O) groups excluding carboxylic acids is 1. The maximum atomic E-state index is 10.9. The van der Waals surface area contributed by atoms with Gasteiger partial charge in [-0.05, 0) is 26.0 Å². The lowest BCUT2D eigenvalue weighted by molar-refractivity contribution is -0.118. The number of carbonyl (C=O) groups is 1. The van der Waals surface area contributed by atoms with Gasteiger partial charge in [-0.15, -0.1) is 0 Å². The molecular formula is C9H17NOS. The summed E-state index contributed by atoms with van der Waals surface area (Å²) in [5, 5.41) is 0. The third-order valence-corrected chi connectivity index (χ3v) is 3.25. The van der Waals surface area contributed by atoms with Crippen LogP contribution in [0.15, 0.2) is 0 Å². The summed E-state index contributed by atoms with van der Waals surface area (Å²) in [6.45, 7) is 5.60. The van der Waals surface area contributed by atoms with Gasteiger partial charge in [0.05, 0.1) is 6.54 Å². The fourth-order valence-electron chi connectivity index (χ4n) is 1.46. The Morgan fingerprint density at radius 2 is 2.33 bits per heavy atom. The highest BCUT2D eigenvalue weighted by molar-refractivity contribution is 7.99. The first kappa shape index (κ1) is 10.1. The Morgan fingerprint density at radius 1 is 1.58 bits per heavy atom. The normalized spacial score (nSPS) is 26.7. The van der Waals surface area contributed by atoms with Crippen LogP contribution >= 0.6 is 11.8 Å². The minimum atomic E-state index is 0.286. The monoisotopic (exact) mass is 187 g/mol. The van der Waals surface area contributed by atoms with Gasteiger partial charge in [0.15, 0.2) is 0 Å². The summed E-state index contributed by atoms with van der Waals surface area (Å²) >= 11 is 2.00. The van der Waals surface area contributed by atoms with Crippen molar-refractivity contribution in [2.75, 3.05) is 24.6 Å². The summed E-state index contributed by atoms with van der Waals surface area (Å²) in [5.41, 5.74) is 0. The van der Waals surface area contributed by atoms with Gasteiger partial charge in [0.25, 0.3) is 0 Å². The molecule has 1 atom stereocenters. The second kappa shape index (κ2) is 4.87. The van der Waals surface area contributed by atoms with E-state index in [1.54, 1.807) is 6.92 Å². The molecule has 1 rings (SSSR count). The van der Waals surface area contributed by atoms with Gasteiger partial charge in [-0.3, -0.25) is 9.69 Å². The lowest BCUT2D eigenvalue weighted by Gasteiger charge is -2.24. The molecule has 1 fully saturated rings. The van der Waals surface area contributed by atoms with E-state index in [1.807, 2.05) is 11.8 Å². The Bertz CT molecular complexity index is 161. The molecule has 0 radical (unpaired) electrons. The Hall–Kier alpha value is -0.0200. The average molecular weight is 187 g/mol. The van der Waals surface area contributed by atoms with Gasteiger partial charge in [0.2, 0.25) is 0 Å². The minimum absolute atomic E-state index is 0.286. The van der Waals surface area contributed by atoms with Crippen molar-refractivity contribution in [2.45, 2.75) is 26.3 Å². The van der Waals surface area contributed by atoms with Crippen LogP contribution in [0.4, 0.5) is 0 Å². The SMILES string of the molecule is CC(=O)CN1CCSCCC1C. The van der Waals surface area contributed by atoms with Crippen LogP contribution in [0.5, 0.6) is 0 Å². The molecule has 0 spiro atoms. The number of hydrogen-bond acceptors (Lipinski definition) is 3. The topological polar surface area (TPSA) is 20.3 Å². The van der Waals surface area contributed by atoms with E-state index in [1.165, 1.54) is 17.9 Å². The predicted octanol–water partition coefficient (Wildman–Crippen LogP) is 1.40. The number of Topliss-reactive ketones (excluding diaryl/α,β-unsaturated/α-hetero) is 1. The Balaban J connectivity index is 2.41. The average Bonchev–Trinajstić information content (AvgIpc) is 2.16. The van der Waals surface area contributed by atoms with Gasteiger partial charge in [0.1, 0.15) is 5.78 Å². The van der Waals surface area contributed by atoms with E-state index in [4.69, 9.17) is 0 Å². The number of rotatable bonds is 2. The first-order valence-electron chi connectivity index (χ1n) is 4.51. The third kappa shape index (κ3) is 3.15. The van der Waals surface area contributed by atoms with E-state index in [0.717, 1.165) is 6.54 Å². The van der Waals surface area contributed by atoms with Crippen molar-refractivity contribution in [1.82, 2.24) is 4.90 Å². The summed E-state index contributed by atoms with van der Waals surface area (Å²) in [5.74, 6) is 2.71. The molecule has 12 heavy (non-hydrogen) atoms. The molecule has 0 bridgehead atoms. The van der Waals surface area contributed by atoms with Crippen LogP contribution in [0.3, 0.4) is 0 Å². The van der Waals surface area contributed by atoms with Crippen molar-refractivity contribution in [3.8, 4) is 0 Å². The Labute approximate surface area is 78.7 Å². The summed E-state index contributed by atoms with van der Waals surface area (Å²) in [6.07, 6.45) is 1.22. The van der Waals surface area contributed by atoms with E-state index in [2.05, 4.69) is 11.8 Å². The highest BCUT2D eigenvalue weighted by atomic mass is 32.2. The molecule has 0 N–H and O–H groups in total. The molecule has 0 amide bonds. The van der Waals surface area contributed by atoms with E-state index in [9.17, 15) is 4.79 Å². The quantitative estimate of drug-likeness (QED) is 0.652. The van der Waals surface area contributed by atoms with E-state index >= 15 is 0 Å². The first-order valence-corrected chi connectivity index (χ1v) is 5.67. The zero-order valence-corrected chi connectivity index (χ0v) is 8.69. The van der Waals surface area contributed by atoms with Gasteiger partial charge >= 0.3 is 0 Å². The molecule has 2 nitrogen and oxygen atoms in total. The number of nitrogens with zero attached hydrogens (tertiary/aromatic N) is 1. The van der Waals surface area contributed by atoms with Crippen LogP contribution < -0.4 is 0 Å². The van der Waals surface area contributed by atoms with Gasteiger partial charge in [-0.1, -0.05) is 0 Å². The first-order chi connectivity index (χ1) is 5.70. The van der Waals surface area contributed by atoms with Gasteiger partial charge < -0.3 is 0 Å². The van der Waals surface area contributed by atoms with Gasteiger partial charge in [-0.25, -0.2) is 0 Å². The molecule has 0 aromatic carbocycles. The molecule has 0 aromatic rings. The second-order valence-electron chi connectivity index (χ2n) is 3.42. The van der Waals surface area contributed by atoms with Crippen LogP contribution in [-0.2, 0) is 4.79 Å². The van der Waals surface area contributed by atoms with Crippen molar-refractivity contribution in [3.05, 3.63) is 0 Å².